The van der Waals surface area contributed by atoms with Gasteiger partial charge in [0.05, 0.1) is 11.1 Å². The van der Waals surface area contributed by atoms with E-state index in [1.54, 1.807) is 0 Å². The van der Waals surface area contributed by atoms with Crippen molar-refractivity contribution < 1.29 is 4.42 Å². The molecule has 1 aromatic heterocycles. The van der Waals surface area contributed by atoms with Crippen molar-refractivity contribution in [3.05, 3.63) is 259 Å². The van der Waals surface area contributed by atoms with Gasteiger partial charge >= 0.3 is 0 Å². The van der Waals surface area contributed by atoms with Crippen LogP contribution in [-0.2, 0) is 5.41 Å². The molecule has 1 atom stereocenters. The van der Waals surface area contributed by atoms with Crippen LogP contribution in [0.3, 0.4) is 0 Å². The summed E-state index contributed by atoms with van der Waals surface area (Å²) in [6.07, 6.45) is 0. The topological polar surface area (TPSA) is 16.4 Å². The van der Waals surface area contributed by atoms with Crippen molar-refractivity contribution in [2.45, 2.75) is 5.41 Å². The first-order valence-corrected chi connectivity index (χ1v) is 23.2. The molecule has 1 heterocycles. The van der Waals surface area contributed by atoms with Gasteiger partial charge in [-0.25, -0.2) is 0 Å². The lowest BCUT2D eigenvalue weighted by Crippen LogP contribution is -2.29. The summed E-state index contributed by atoms with van der Waals surface area (Å²) in [4.78, 5) is 2.45. The lowest BCUT2D eigenvalue weighted by atomic mass is 9.65. The lowest BCUT2D eigenvalue weighted by Gasteiger charge is -2.37. The molecule has 2 heteroatoms. The van der Waals surface area contributed by atoms with Crippen molar-refractivity contribution in [1.29, 1.82) is 0 Å². The zero-order valence-electron chi connectivity index (χ0n) is 36.4. The van der Waals surface area contributed by atoms with Gasteiger partial charge in [-0.1, -0.05) is 188 Å². The van der Waals surface area contributed by atoms with E-state index in [-0.39, 0.29) is 0 Å². The Morgan fingerprint density at radius 1 is 0.313 bits per heavy atom. The van der Waals surface area contributed by atoms with E-state index in [0.717, 1.165) is 50.1 Å². The fraction of sp³-hybridized carbons (Fsp3) is 0.0154. The smallest absolute Gasteiger partial charge is 0.137 e. The van der Waals surface area contributed by atoms with Gasteiger partial charge in [-0.15, -0.1) is 0 Å². The summed E-state index contributed by atoms with van der Waals surface area (Å²) in [7, 11) is 0. The highest BCUT2D eigenvalue weighted by atomic mass is 16.3. The van der Waals surface area contributed by atoms with Crippen LogP contribution < -0.4 is 4.90 Å². The third-order valence-corrected chi connectivity index (χ3v) is 15.0. The third-order valence-electron chi connectivity index (χ3n) is 15.0. The van der Waals surface area contributed by atoms with Gasteiger partial charge in [0.15, 0.2) is 0 Å². The predicted molar refractivity (Wildman–Crippen MR) is 279 cm³/mol. The van der Waals surface area contributed by atoms with Gasteiger partial charge in [-0.2, -0.15) is 0 Å². The molecular weight excluding hydrogens is 811 g/mol. The monoisotopic (exact) mass is 849 g/mol. The fourth-order valence-electron chi connectivity index (χ4n) is 12.3. The number of rotatable bonds is 4. The number of anilines is 3. The van der Waals surface area contributed by atoms with Crippen LogP contribution in [-0.4, -0.2) is 0 Å². The summed E-state index contributed by atoms with van der Waals surface area (Å²) in [5.41, 5.74) is 19.3. The zero-order valence-corrected chi connectivity index (χ0v) is 36.4. The van der Waals surface area contributed by atoms with E-state index in [4.69, 9.17) is 4.42 Å². The Morgan fingerprint density at radius 3 is 1.72 bits per heavy atom. The molecule has 1 spiro atoms. The molecule has 0 N–H and O–H groups in total. The molecule has 12 aromatic carbocycles. The van der Waals surface area contributed by atoms with E-state index in [1.165, 1.54) is 88.0 Å². The summed E-state index contributed by atoms with van der Waals surface area (Å²) in [5, 5.41) is 10.0. The number of nitrogens with zero attached hydrogens (tertiary/aromatic N) is 1. The molecule has 0 fully saturated rings. The Labute approximate surface area is 387 Å². The van der Waals surface area contributed by atoms with Gasteiger partial charge in [0.25, 0.3) is 0 Å². The molecule has 2 aliphatic rings. The van der Waals surface area contributed by atoms with Crippen LogP contribution in [0.25, 0.3) is 98.8 Å². The number of para-hydroxylation sites is 2. The van der Waals surface area contributed by atoms with Crippen LogP contribution in [0.2, 0.25) is 0 Å². The summed E-state index contributed by atoms with van der Waals surface area (Å²) in [6, 6.07) is 88.0. The lowest BCUT2D eigenvalue weighted by molar-refractivity contribution is 0.669. The summed E-state index contributed by atoms with van der Waals surface area (Å²) < 4.78 is 6.62. The Bertz CT molecular complexity index is 4160. The van der Waals surface area contributed by atoms with Crippen molar-refractivity contribution >= 4 is 71.3 Å². The average Bonchev–Trinajstić information content (AvgIpc) is 3.88. The SMILES string of the molecule is c1ccc(-c2ccccc2N(c2ccc3c(c2)C2(c4ccccc4-c4ccccc4-3)c3ccccc3-c3c2cc2ccc4cccc5ccc3c2c45)c2ccc3c(c2)oc2ccccc23)cc1. The van der Waals surface area contributed by atoms with Crippen LogP contribution in [0.4, 0.5) is 17.1 Å². The maximum absolute atomic E-state index is 6.62. The van der Waals surface area contributed by atoms with Crippen molar-refractivity contribution in [3.63, 3.8) is 0 Å². The molecule has 2 nitrogen and oxygen atoms in total. The van der Waals surface area contributed by atoms with E-state index in [9.17, 15) is 0 Å². The average molecular weight is 850 g/mol. The standard InChI is InChI=1S/C65H39NO/c1-2-15-40(16-3-1)46-19-8-12-27-59(46)66(45-33-36-52-51-23-9-13-28-60(51)67-61(52)39-45)44-32-35-50-48-21-5-4-20-47(48)49-22-6-10-25-55(49)65(57(50)38-44)56-26-11-7-24-53(56)64-54-34-31-42-18-14-17-41-29-30-43(37-58(64)65)63(54)62(41)42/h1-39H. The van der Waals surface area contributed by atoms with Gasteiger partial charge in [0, 0.05) is 33.8 Å². The maximum Gasteiger partial charge on any atom is 0.137 e. The van der Waals surface area contributed by atoms with E-state index in [0.29, 0.717) is 0 Å². The first-order chi connectivity index (χ1) is 33.2. The minimum absolute atomic E-state index is 0.690. The van der Waals surface area contributed by atoms with Gasteiger partial charge in [-0.05, 0) is 136 Å². The highest BCUT2D eigenvalue weighted by molar-refractivity contribution is 6.27. The maximum atomic E-state index is 6.62. The molecule has 13 aromatic rings. The van der Waals surface area contributed by atoms with E-state index in [1.807, 2.05) is 6.07 Å². The number of fused-ring (bicyclic) bond motifs is 16. The molecule has 0 radical (unpaired) electrons. The van der Waals surface area contributed by atoms with Crippen LogP contribution in [0.1, 0.15) is 22.3 Å². The van der Waals surface area contributed by atoms with Crippen LogP contribution in [0.5, 0.6) is 0 Å². The van der Waals surface area contributed by atoms with Crippen molar-refractivity contribution in [3.8, 4) is 44.5 Å². The molecule has 0 amide bonds. The van der Waals surface area contributed by atoms with Crippen molar-refractivity contribution in [2.75, 3.05) is 4.90 Å². The number of hydrogen-bond acceptors (Lipinski definition) is 2. The number of hydrogen-bond donors (Lipinski definition) is 0. The van der Waals surface area contributed by atoms with E-state index >= 15 is 0 Å². The first-order valence-electron chi connectivity index (χ1n) is 23.2. The zero-order chi connectivity index (χ0) is 43.8. The second-order valence-corrected chi connectivity index (χ2v) is 18.3. The van der Waals surface area contributed by atoms with E-state index in [2.05, 4.69) is 235 Å². The van der Waals surface area contributed by atoms with Crippen molar-refractivity contribution in [1.82, 2.24) is 0 Å². The summed E-state index contributed by atoms with van der Waals surface area (Å²) in [6.45, 7) is 0. The highest BCUT2D eigenvalue weighted by Crippen LogP contribution is 2.64. The first kappa shape index (κ1) is 36.6. The quantitative estimate of drug-likeness (QED) is 0.164. The molecule has 1 unspecified atom stereocenters. The minimum atomic E-state index is -0.690. The fourth-order valence-corrected chi connectivity index (χ4v) is 12.3. The van der Waals surface area contributed by atoms with Gasteiger partial charge in [0.2, 0.25) is 0 Å². The summed E-state index contributed by atoms with van der Waals surface area (Å²) in [5.74, 6) is 0. The second kappa shape index (κ2) is 13.7. The number of furan rings is 1. The van der Waals surface area contributed by atoms with Crippen molar-refractivity contribution in [2.24, 2.45) is 0 Å². The third kappa shape index (κ3) is 4.94. The Kier molecular flexibility index (Phi) is 7.46. The molecule has 0 bridgehead atoms. The largest absolute Gasteiger partial charge is 0.456 e. The van der Waals surface area contributed by atoms with E-state index < -0.39 is 5.41 Å². The molecule has 0 saturated heterocycles. The number of benzene rings is 12. The molecular formula is C65H39NO. The van der Waals surface area contributed by atoms with Gasteiger partial charge < -0.3 is 9.32 Å². The van der Waals surface area contributed by atoms with Crippen LogP contribution in [0.15, 0.2) is 241 Å². The Hall–Kier alpha value is -8.72. The Morgan fingerprint density at radius 2 is 0.896 bits per heavy atom. The minimum Gasteiger partial charge on any atom is -0.456 e. The molecule has 310 valence electrons. The normalized spacial score (nSPS) is 14.6. The predicted octanol–water partition coefficient (Wildman–Crippen LogP) is 17.6. The molecule has 0 aliphatic heterocycles. The molecule has 0 saturated carbocycles. The van der Waals surface area contributed by atoms with Gasteiger partial charge in [0.1, 0.15) is 11.2 Å². The second-order valence-electron chi connectivity index (χ2n) is 18.3. The van der Waals surface area contributed by atoms with Crippen LogP contribution in [0, 0.1) is 0 Å². The Balaban J connectivity index is 1.09. The molecule has 15 rings (SSSR count). The highest BCUT2D eigenvalue weighted by Gasteiger charge is 2.50. The van der Waals surface area contributed by atoms with Crippen LogP contribution >= 0.6 is 0 Å². The van der Waals surface area contributed by atoms with Gasteiger partial charge in [-0.3, -0.25) is 0 Å². The molecule has 2 aliphatic carbocycles. The molecule has 67 heavy (non-hydrogen) atoms. The summed E-state index contributed by atoms with van der Waals surface area (Å²) >= 11 is 0.